The van der Waals surface area contributed by atoms with Crippen LogP contribution in [-0.2, 0) is 6.54 Å². The van der Waals surface area contributed by atoms with Crippen LogP contribution in [0.4, 0.5) is 10.1 Å². The van der Waals surface area contributed by atoms with E-state index < -0.39 is 0 Å². The van der Waals surface area contributed by atoms with Crippen molar-refractivity contribution in [3.05, 3.63) is 29.6 Å². The predicted molar refractivity (Wildman–Crippen MR) is 79.1 cm³/mol. The van der Waals surface area contributed by atoms with Gasteiger partial charge < -0.3 is 10.2 Å². The molecule has 0 aromatic heterocycles. The molecule has 0 saturated heterocycles. The van der Waals surface area contributed by atoms with Crippen LogP contribution in [-0.4, -0.2) is 19.1 Å². The fourth-order valence-corrected chi connectivity index (χ4v) is 2.38. The van der Waals surface area contributed by atoms with E-state index in [0.29, 0.717) is 6.04 Å². The van der Waals surface area contributed by atoms with E-state index in [1.165, 1.54) is 12.8 Å². The zero-order valence-electron chi connectivity index (χ0n) is 12.1. The van der Waals surface area contributed by atoms with Crippen molar-refractivity contribution in [1.29, 1.82) is 0 Å². The highest BCUT2D eigenvalue weighted by atomic mass is 19.1. The minimum absolute atomic E-state index is 0.0898. The number of benzene rings is 1. The van der Waals surface area contributed by atoms with Crippen molar-refractivity contribution < 1.29 is 4.39 Å². The lowest BCUT2D eigenvalue weighted by Gasteiger charge is -2.26. The van der Waals surface area contributed by atoms with Crippen molar-refractivity contribution in [3.8, 4) is 0 Å². The quantitative estimate of drug-likeness (QED) is 0.770. The zero-order valence-corrected chi connectivity index (χ0v) is 12.1. The third-order valence-electron chi connectivity index (χ3n) is 3.71. The van der Waals surface area contributed by atoms with E-state index in [1.807, 2.05) is 12.1 Å². The predicted octanol–water partition coefficient (Wildman–Crippen LogP) is 3.70. The van der Waals surface area contributed by atoms with Crippen LogP contribution in [0.3, 0.4) is 0 Å². The molecule has 1 saturated carbocycles. The molecule has 1 aliphatic carbocycles. The first kappa shape index (κ1) is 14.3. The van der Waals surface area contributed by atoms with Crippen LogP contribution in [0.5, 0.6) is 0 Å². The number of halogens is 1. The summed E-state index contributed by atoms with van der Waals surface area (Å²) in [6.45, 7) is 6.84. The minimum Gasteiger partial charge on any atom is -0.369 e. The molecule has 0 radical (unpaired) electrons. The summed E-state index contributed by atoms with van der Waals surface area (Å²) in [5.74, 6) is -0.0898. The highest BCUT2D eigenvalue weighted by Crippen LogP contribution is 2.26. The van der Waals surface area contributed by atoms with E-state index in [0.717, 1.165) is 43.7 Å². The molecule has 2 nitrogen and oxygen atoms in total. The lowest BCUT2D eigenvalue weighted by Crippen LogP contribution is -2.27. The largest absolute Gasteiger partial charge is 0.369 e. The number of anilines is 1. The lowest BCUT2D eigenvalue weighted by molar-refractivity contribution is 0.604. The molecule has 106 valence electrons. The molecule has 1 fully saturated rings. The monoisotopic (exact) mass is 264 g/mol. The molecule has 1 aromatic carbocycles. The van der Waals surface area contributed by atoms with Crippen molar-refractivity contribution in [1.82, 2.24) is 5.32 Å². The van der Waals surface area contributed by atoms with E-state index in [-0.39, 0.29) is 5.82 Å². The van der Waals surface area contributed by atoms with Crippen LogP contribution in [0, 0.1) is 5.82 Å². The number of rotatable bonds is 8. The van der Waals surface area contributed by atoms with Crippen molar-refractivity contribution in [2.24, 2.45) is 0 Å². The second-order valence-electron chi connectivity index (χ2n) is 5.34. The molecule has 0 bridgehead atoms. The Morgan fingerprint density at radius 2 is 2.11 bits per heavy atom. The Labute approximate surface area is 116 Å². The Kier molecular flexibility index (Phi) is 5.20. The Morgan fingerprint density at radius 1 is 1.32 bits per heavy atom. The summed E-state index contributed by atoms with van der Waals surface area (Å²) in [7, 11) is 0. The number of unbranched alkanes of at least 4 members (excludes halogenated alkanes) is 1. The molecule has 0 atom stereocenters. The van der Waals surface area contributed by atoms with Crippen LogP contribution in [0.25, 0.3) is 0 Å². The summed E-state index contributed by atoms with van der Waals surface area (Å²) >= 11 is 0. The minimum atomic E-state index is -0.0898. The topological polar surface area (TPSA) is 15.3 Å². The highest BCUT2D eigenvalue weighted by Gasteiger charge is 2.21. The van der Waals surface area contributed by atoms with Gasteiger partial charge in [-0.05, 0) is 37.8 Å². The van der Waals surface area contributed by atoms with Crippen LogP contribution in [0.15, 0.2) is 18.2 Å². The average Bonchev–Trinajstić information content (AvgIpc) is 3.23. The third-order valence-corrected chi connectivity index (χ3v) is 3.71. The van der Waals surface area contributed by atoms with E-state index in [9.17, 15) is 4.39 Å². The third kappa shape index (κ3) is 3.93. The fourth-order valence-electron chi connectivity index (χ4n) is 2.38. The first-order valence-corrected chi connectivity index (χ1v) is 7.52. The van der Waals surface area contributed by atoms with Crippen molar-refractivity contribution in [2.45, 2.75) is 52.1 Å². The second-order valence-corrected chi connectivity index (χ2v) is 5.34. The van der Waals surface area contributed by atoms with Crippen LogP contribution in [0.1, 0.15) is 45.1 Å². The highest BCUT2D eigenvalue weighted by molar-refractivity contribution is 5.55. The molecular formula is C16H25FN2. The molecule has 0 aliphatic heterocycles. The molecule has 1 N–H and O–H groups in total. The van der Waals surface area contributed by atoms with E-state index in [1.54, 1.807) is 6.07 Å². The molecule has 0 spiro atoms. The Balaban J connectivity index is 2.13. The number of para-hydroxylation sites is 1. The normalized spacial score (nSPS) is 14.7. The molecule has 19 heavy (non-hydrogen) atoms. The molecule has 0 unspecified atom stereocenters. The van der Waals surface area contributed by atoms with Crippen LogP contribution in [0.2, 0.25) is 0 Å². The van der Waals surface area contributed by atoms with Gasteiger partial charge in [-0.25, -0.2) is 4.39 Å². The van der Waals surface area contributed by atoms with Gasteiger partial charge in [0, 0.05) is 25.7 Å². The maximum Gasteiger partial charge on any atom is 0.146 e. The van der Waals surface area contributed by atoms with Gasteiger partial charge in [0.2, 0.25) is 0 Å². The lowest BCUT2D eigenvalue weighted by atomic mass is 10.1. The summed E-state index contributed by atoms with van der Waals surface area (Å²) in [4.78, 5) is 2.17. The van der Waals surface area contributed by atoms with Gasteiger partial charge in [0.25, 0.3) is 0 Å². The van der Waals surface area contributed by atoms with Crippen LogP contribution >= 0.6 is 0 Å². The summed E-state index contributed by atoms with van der Waals surface area (Å²) in [6, 6.07) is 6.09. The van der Waals surface area contributed by atoms with Gasteiger partial charge in [-0.1, -0.05) is 25.5 Å². The molecule has 0 amide bonds. The van der Waals surface area contributed by atoms with Gasteiger partial charge in [0.1, 0.15) is 5.82 Å². The smallest absolute Gasteiger partial charge is 0.146 e. The first-order valence-electron chi connectivity index (χ1n) is 7.52. The standard InChI is InChI=1S/C16H25FN2/c1-3-5-11-19(4-2)16-13(7-6-8-15(16)17)12-18-14-9-10-14/h6-8,14,18H,3-5,9-12H2,1-2H3. The Bertz CT molecular complexity index is 402. The summed E-state index contributed by atoms with van der Waals surface area (Å²) < 4.78 is 14.2. The number of hydrogen-bond acceptors (Lipinski definition) is 2. The van der Waals surface area contributed by atoms with Crippen molar-refractivity contribution >= 4 is 5.69 Å². The molecule has 0 heterocycles. The van der Waals surface area contributed by atoms with Gasteiger partial charge in [0.15, 0.2) is 0 Å². The van der Waals surface area contributed by atoms with Gasteiger partial charge in [0.05, 0.1) is 5.69 Å². The molecule has 1 aromatic rings. The van der Waals surface area contributed by atoms with Crippen molar-refractivity contribution in [2.75, 3.05) is 18.0 Å². The number of hydrogen-bond donors (Lipinski definition) is 1. The van der Waals surface area contributed by atoms with Crippen molar-refractivity contribution in [3.63, 3.8) is 0 Å². The molecule has 1 aliphatic rings. The van der Waals surface area contributed by atoms with Gasteiger partial charge in [-0.3, -0.25) is 0 Å². The summed E-state index contributed by atoms with van der Waals surface area (Å²) in [6.07, 6.45) is 4.77. The van der Waals surface area contributed by atoms with E-state index >= 15 is 0 Å². The SMILES string of the molecule is CCCCN(CC)c1c(F)cccc1CNC1CC1. The number of nitrogens with one attached hydrogen (secondary N) is 1. The maximum absolute atomic E-state index is 14.2. The Morgan fingerprint density at radius 3 is 2.74 bits per heavy atom. The summed E-state index contributed by atoms with van der Waals surface area (Å²) in [5.41, 5.74) is 1.89. The molecule has 2 rings (SSSR count). The average molecular weight is 264 g/mol. The first-order chi connectivity index (χ1) is 9.26. The fraction of sp³-hybridized carbons (Fsp3) is 0.625. The second kappa shape index (κ2) is 6.90. The Hall–Kier alpha value is -1.09. The van der Waals surface area contributed by atoms with Gasteiger partial charge in [-0.2, -0.15) is 0 Å². The maximum atomic E-state index is 14.2. The molecular weight excluding hydrogens is 239 g/mol. The molecule has 3 heteroatoms. The van der Waals surface area contributed by atoms with Crippen LogP contribution < -0.4 is 10.2 Å². The summed E-state index contributed by atoms with van der Waals surface area (Å²) in [5, 5.41) is 3.48. The van der Waals surface area contributed by atoms with E-state index in [2.05, 4.69) is 24.1 Å². The van der Waals surface area contributed by atoms with Gasteiger partial charge >= 0.3 is 0 Å². The van der Waals surface area contributed by atoms with Gasteiger partial charge in [-0.15, -0.1) is 0 Å². The zero-order chi connectivity index (χ0) is 13.7. The van der Waals surface area contributed by atoms with E-state index in [4.69, 9.17) is 0 Å². The number of nitrogens with zero attached hydrogens (tertiary/aromatic N) is 1.